The lowest BCUT2D eigenvalue weighted by Gasteiger charge is -2.19. The molecular formula is C15H24N2O. The Labute approximate surface area is 110 Å². The van der Waals surface area contributed by atoms with Gasteiger partial charge in [0, 0.05) is 12.5 Å². The highest BCUT2D eigenvalue weighted by Gasteiger charge is 2.14. The van der Waals surface area contributed by atoms with Gasteiger partial charge in [0.15, 0.2) is 0 Å². The molecule has 0 aliphatic rings. The van der Waals surface area contributed by atoms with Crippen LogP contribution in [-0.4, -0.2) is 11.9 Å². The monoisotopic (exact) mass is 248 g/mol. The van der Waals surface area contributed by atoms with Crippen molar-refractivity contribution in [3.8, 4) is 0 Å². The number of rotatable bonds is 6. The number of carbonyl (C=O) groups is 1. The Hall–Kier alpha value is -1.35. The molecule has 2 atom stereocenters. The van der Waals surface area contributed by atoms with Crippen LogP contribution in [0.1, 0.15) is 50.3 Å². The van der Waals surface area contributed by atoms with Crippen LogP contribution in [0.5, 0.6) is 0 Å². The molecule has 3 heteroatoms. The van der Waals surface area contributed by atoms with Crippen LogP contribution in [-0.2, 0) is 4.79 Å². The molecule has 0 bridgehead atoms. The summed E-state index contributed by atoms with van der Waals surface area (Å²) in [5.41, 5.74) is 8.17. The zero-order chi connectivity index (χ0) is 13.5. The smallest absolute Gasteiger partial charge is 0.222 e. The lowest BCUT2D eigenvalue weighted by Crippen LogP contribution is -2.33. The maximum Gasteiger partial charge on any atom is 0.222 e. The van der Waals surface area contributed by atoms with Crippen molar-refractivity contribution >= 4 is 5.91 Å². The van der Waals surface area contributed by atoms with E-state index >= 15 is 0 Å². The van der Waals surface area contributed by atoms with Crippen LogP contribution < -0.4 is 11.1 Å². The molecule has 3 nitrogen and oxygen atoms in total. The second-order valence-electron chi connectivity index (χ2n) is 4.81. The van der Waals surface area contributed by atoms with E-state index in [2.05, 4.69) is 43.4 Å². The first-order valence-electron chi connectivity index (χ1n) is 6.68. The number of nitrogens with one attached hydrogen (secondary N) is 1. The molecule has 1 amide bonds. The summed E-state index contributed by atoms with van der Waals surface area (Å²) in [6.45, 7) is 6.13. The Balaban J connectivity index is 2.61. The van der Waals surface area contributed by atoms with E-state index in [1.165, 1.54) is 5.56 Å². The van der Waals surface area contributed by atoms with E-state index in [0.29, 0.717) is 6.42 Å². The molecule has 0 saturated heterocycles. The number of nitrogens with two attached hydrogens (primary N) is 1. The van der Waals surface area contributed by atoms with Gasteiger partial charge in [0.25, 0.3) is 0 Å². The second kappa shape index (κ2) is 7.17. The van der Waals surface area contributed by atoms with Gasteiger partial charge in [0.1, 0.15) is 0 Å². The quantitative estimate of drug-likeness (QED) is 0.813. The van der Waals surface area contributed by atoms with Crippen molar-refractivity contribution in [1.29, 1.82) is 0 Å². The summed E-state index contributed by atoms with van der Waals surface area (Å²) >= 11 is 0. The van der Waals surface area contributed by atoms with Crippen molar-refractivity contribution in [2.24, 2.45) is 5.73 Å². The van der Waals surface area contributed by atoms with E-state index in [4.69, 9.17) is 5.73 Å². The zero-order valence-corrected chi connectivity index (χ0v) is 11.6. The largest absolute Gasteiger partial charge is 0.349 e. The molecule has 0 radical (unpaired) electrons. The van der Waals surface area contributed by atoms with Crippen molar-refractivity contribution in [1.82, 2.24) is 5.32 Å². The van der Waals surface area contributed by atoms with E-state index in [0.717, 1.165) is 18.4 Å². The van der Waals surface area contributed by atoms with Crippen LogP contribution >= 0.6 is 0 Å². The number of carbonyl (C=O) groups excluding carboxylic acids is 1. The van der Waals surface area contributed by atoms with Gasteiger partial charge in [-0.1, -0.05) is 43.7 Å². The van der Waals surface area contributed by atoms with Gasteiger partial charge in [-0.25, -0.2) is 0 Å². The first kappa shape index (κ1) is 14.7. The molecule has 1 rings (SSSR count). The Bertz CT molecular complexity index is 373. The Kier molecular flexibility index (Phi) is 5.86. The topological polar surface area (TPSA) is 55.1 Å². The molecule has 100 valence electrons. The number of hydrogen-bond donors (Lipinski definition) is 2. The fraction of sp³-hybridized carbons (Fsp3) is 0.533. The van der Waals surface area contributed by atoms with Gasteiger partial charge in [-0.2, -0.15) is 0 Å². The average molecular weight is 248 g/mol. The minimum absolute atomic E-state index is 0.0387. The van der Waals surface area contributed by atoms with Gasteiger partial charge in [-0.3, -0.25) is 4.79 Å². The minimum Gasteiger partial charge on any atom is -0.349 e. The third-order valence-electron chi connectivity index (χ3n) is 3.20. The fourth-order valence-electron chi connectivity index (χ4n) is 1.86. The first-order valence-corrected chi connectivity index (χ1v) is 6.68. The molecule has 0 aliphatic heterocycles. The Morgan fingerprint density at radius 3 is 2.33 bits per heavy atom. The van der Waals surface area contributed by atoms with Crippen molar-refractivity contribution < 1.29 is 4.79 Å². The minimum atomic E-state index is -0.0412. The second-order valence-corrected chi connectivity index (χ2v) is 4.81. The summed E-state index contributed by atoms with van der Waals surface area (Å²) in [5.74, 6) is 0.0387. The van der Waals surface area contributed by atoms with Gasteiger partial charge in [0.2, 0.25) is 5.91 Å². The lowest BCUT2D eigenvalue weighted by molar-refractivity contribution is -0.122. The predicted molar refractivity (Wildman–Crippen MR) is 75.2 cm³/mol. The normalized spacial score (nSPS) is 14.0. The van der Waals surface area contributed by atoms with Crippen LogP contribution in [0, 0.1) is 6.92 Å². The predicted octanol–water partition coefficient (Wildman–Crippen LogP) is 2.69. The lowest BCUT2D eigenvalue weighted by atomic mass is 10.0. The number of hydrogen-bond acceptors (Lipinski definition) is 2. The highest BCUT2D eigenvalue weighted by atomic mass is 16.1. The fourth-order valence-corrected chi connectivity index (χ4v) is 1.86. The summed E-state index contributed by atoms with van der Waals surface area (Å²) in [6.07, 6.45) is 2.11. The van der Waals surface area contributed by atoms with Crippen LogP contribution in [0.4, 0.5) is 0 Å². The molecule has 0 aromatic heterocycles. The molecule has 2 unspecified atom stereocenters. The van der Waals surface area contributed by atoms with Gasteiger partial charge >= 0.3 is 0 Å². The molecule has 3 N–H and O–H groups in total. The summed E-state index contributed by atoms with van der Waals surface area (Å²) in [5, 5.41) is 3.05. The highest BCUT2D eigenvalue weighted by Crippen LogP contribution is 2.17. The molecule has 1 aromatic carbocycles. The first-order chi connectivity index (χ1) is 8.56. The number of benzene rings is 1. The van der Waals surface area contributed by atoms with Crippen molar-refractivity contribution in [3.63, 3.8) is 0 Å². The molecule has 18 heavy (non-hydrogen) atoms. The number of amides is 1. The summed E-state index contributed by atoms with van der Waals surface area (Å²) < 4.78 is 0. The summed E-state index contributed by atoms with van der Waals surface area (Å²) in [6, 6.07) is 8.33. The molecule has 1 aromatic rings. The molecule has 0 aliphatic carbocycles. The Morgan fingerprint density at radius 2 is 1.83 bits per heavy atom. The maximum atomic E-state index is 11.8. The van der Waals surface area contributed by atoms with Crippen molar-refractivity contribution in [2.45, 2.75) is 52.1 Å². The zero-order valence-electron chi connectivity index (χ0n) is 11.6. The third kappa shape index (κ3) is 4.49. The van der Waals surface area contributed by atoms with Gasteiger partial charge in [0.05, 0.1) is 6.04 Å². The van der Waals surface area contributed by atoms with Crippen LogP contribution in [0.3, 0.4) is 0 Å². The van der Waals surface area contributed by atoms with Gasteiger partial charge in [-0.05, 0) is 25.3 Å². The summed E-state index contributed by atoms with van der Waals surface area (Å²) in [7, 11) is 0. The maximum absolute atomic E-state index is 11.8. The van der Waals surface area contributed by atoms with Gasteiger partial charge < -0.3 is 11.1 Å². The highest BCUT2D eigenvalue weighted by molar-refractivity contribution is 5.77. The molecule has 0 heterocycles. The standard InChI is InChI=1S/C15H24N2O/c1-4-13(16)10-15(18)17-14(5-2)12-8-6-11(3)7-9-12/h6-9,13-14H,4-5,10,16H2,1-3H3,(H,17,18). The Morgan fingerprint density at radius 1 is 1.22 bits per heavy atom. The number of aryl methyl sites for hydroxylation is 1. The molecular weight excluding hydrogens is 224 g/mol. The van der Waals surface area contributed by atoms with Crippen LogP contribution in [0.2, 0.25) is 0 Å². The van der Waals surface area contributed by atoms with Gasteiger partial charge in [-0.15, -0.1) is 0 Å². The van der Waals surface area contributed by atoms with E-state index in [-0.39, 0.29) is 18.0 Å². The molecule has 0 saturated carbocycles. The van der Waals surface area contributed by atoms with Crippen molar-refractivity contribution in [3.05, 3.63) is 35.4 Å². The summed E-state index contributed by atoms with van der Waals surface area (Å²) in [4.78, 5) is 11.8. The molecule has 0 fully saturated rings. The third-order valence-corrected chi connectivity index (χ3v) is 3.20. The molecule has 0 spiro atoms. The SMILES string of the molecule is CCC(N)CC(=O)NC(CC)c1ccc(C)cc1. The van der Waals surface area contributed by atoms with E-state index < -0.39 is 0 Å². The van der Waals surface area contributed by atoms with Crippen molar-refractivity contribution in [2.75, 3.05) is 0 Å². The van der Waals surface area contributed by atoms with E-state index in [1.54, 1.807) is 0 Å². The van der Waals surface area contributed by atoms with Crippen LogP contribution in [0.15, 0.2) is 24.3 Å². The average Bonchev–Trinajstić information content (AvgIpc) is 2.37. The van der Waals surface area contributed by atoms with Crippen LogP contribution in [0.25, 0.3) is 0 Å². The van der Waals surface area contributed by atoms with E-state index in [9.17, 15) is 4.79 Å². The van der Waals surface area contributed by atoms with E-state index in [1.807, 2.05) is 6.92 Å².